The summed E-state index contributed by atoms with van der Waals surface area (Å²) in [6.45, 7) is 1.66. The third kappa shape index (κ3) is 6.36. The molecule has 2 aromatic carbocycles. The number of carbonyl (C=O) groups is 1. The summed E-state index contributed by atoms with van der Waals surface area (Å²) < 4.78 is 54.0. The van der Waals surface area contributed by atoms with E-state index in [1.807, 2.05) is 18.2 Å². The van der Waals surface area contributed by atoms with Crippen LogP contribution in [0.5, 0.6) is 17.2 Å². The van der Waals surface area contributed by atoms with Gasteiger partial charge in [0, 0.05) is 30.1 Å². The van der Waals surface area contributed by atoms with Gasteiger partial charge in [0.1, 0.15) is 12.4 Å². The standard InChI is InChI=1S/C27H25ClF3N3O4/c1-16-22(32-10-9-24(16)38-15-27(29,30)31)14-37-25-8-7-19(12-26(25)36-3)23-13-21(33-34(23)17(2)35)18-5-4-6-20(28)11-18/h4-12,23H,13-15H2,1-3H3. The molecule has 7 nitrogen and oxygen atoms in total. The van der Waals surface area contributed by atoms with E-state index >= 15 is 0 Å². The maximum Gasteiger partial charge on any atom is 0.422 e. The topological polar surface area (TPSA) is 73.2 Å². The third-order valence-corrected chi connectivity index (χ3v) is 6.21. The van der Waals surface area contributed by atoms with Gasteiger partial charge in [0.2, 0.25) is 5.91 Å². The zero-order valence-corrected chi connectivity index (χ0v) is 21.6. The molecule has 1 aromatic heterocycles. The summed E-state index contributed by atoms with van der Waals surface area (Å²) in [5.74, 6) is 0.701. The SMILES string of the molecule is COc1cc(C2CC(c3cccc(Cl)c3)=NN2C(C)=O)ccc1OCc1nccc(OCC(F)(F)F)c1C. The number of carbonyl (C=O) groups excluding carboxylic acids is 1. The Morgan fingerprint density at radius 3 is 2.58 bits per heavy atom. The fraction of sp³-hybridized carbons (Fsp3) is 0.296. The van der Waals surface area contributed by atoms with Crippen molar-refractivity contribution in [1.82, 2.24) is 9.99 Å². The smallest absolute Gasteiger partial charge is 0.422 e. The van der Waals surface area contributed by atoms with E-state index in [1.165, 1.54) is 31.3 Å². The first-order valence-corrected chi connectivity index (χ1v) is 12.0. The van der Waals surface area contributed by atoms with E-state index in [2.05, 4.69) is 10.1 Å². The highest BCUT2D eigenvalue weighted by Crippen LogP contribution is 2.38. The predicted molar refractivity (Wildman–Crippen MR) is 136 cm³/mol. The number of methoxy groups -OCH3 is 1. The van der Waals surface area contributed by atoms with Crippen LogP contribution in [0.2, 0.25) is 5.02 Å². The van der Waals surface area contributed by atoms with Gasteiger partial charge in [-0.25, -0.2) is 5.01 Å². The predicted octanol–water partition coefficient (Wildman–Crippen LogP) is 6.27. The van der Waals surface area contributed by atoms with Crippen LogP contribution in [0.3, 0.4) is 0 Å². The van der Waals surface area contributed by atoms with Crippen molar-refractivity contribution in [3.8, 4) is 17.2 Å². The first-order chi connectivity index (χ1) is 18.1. The third-order valence-electron chi connectivity index (χ3n) is 5.98. The van der Waals surface area contributed by atoms with E-state index in [1.54, 1.807) is 31.2 Å². The minimum absolute atomic E-state index is 0.0181. The number of hydrogen-bond acceptors (Lipinski definition) is 6. The fourth-order valence-corrected chi connectivity index (χ4v) is 4.27. The van der Waals surface area contributed by atoms with Gasteiger partial charge in [0.15, 0.2) is 18.1 Å². The Kier molecular flexibility index (Phi) is 8.11. The van der Waals surface area contributed by atoms with E-state index in [4.69, 9.17) is 25.8 Å². The minimum Gasteiger partial charge on any atom is -0.493 e. The molecule has 0 N–H and O–H groups in total. The number of nitrogens with zero attached hydrogens (tertiary/aromatic N) is 3. The summed E-state index contributed by atoms with van der Waals surface area (Å²) >= 11 is 6.14. The molecule has 1 aliphatic heterocycles. The number of amides is 1. The van der Waals surface area contributed by atoms with Crippen molar-refractivity contribution in [2.24, 2.45) is 5.10 Å². The monoisotopic (exact) mass is 547 g/mol. The number of ether oxygens (including phenoxy) is 3. The van der Waals surface area contributed by atoms with Crippen molar-refractivity contribution in [2.75, 3.05) is 13.7 Å². The highest BCUT2D eigenvalue weighted by atomic mass is 35.5. The van der Waals surface area contributed by atoms with Crippen LogP contribution in [0.4, 0.5) is 13.2 Å². The molecule has 0 aliphatic carbocycles. The molecule has 1 unspecified atom stereocenters. The molecule has 38 heavy (non-hydrogen) atoms. The van der Waals surface area contributed by atoms with Gasteiger partial charge < -0.3 is 14.2 Å². The van der Waals surface area contributed by atoms with Gasteiger partial charge in [-0.3, -0.25) is 9.78 Å². The lowest BCUT2D eigenvalue weighted by molar-refractivity contribution is -0.153. The normalized spacial score (nSPS) is 15.3. The van der Waals surface area contributed by atoms with Crippen LogP contribution in [0.1, 0.15) is 41.8 Å². The summed E-state index contributed by atoms with van der Waals surface area (Å²) in [5.41, 5.74) is 3.24. The molecule has 3 aromatic rings. The van der Waals surface area contributed by atoms with Gasteiger partial charge >= 0.3 is 6.18 Å². The van der Waals surface area contributed by atoms with Gasteiger partial charge in [-0.1, -0.05) is 29.8 Å². The second-order valence-electron chi connectivity index (χ2n) is 8.62. The second kappa shape index (κ2) is 11.3. The molecule has 4 rings (SSSR count). The Morgan fingerprint density at radius 2 is 1.89 bits per heavy atom. The highest BCUT2D eigenvalue weighted by Gasteiger charge is 2.32. The second-order valence-corrected chi connectivity index (χ2v) is 9.06. The number of hydrazone groups is 1. The number of benzene rings is 2. The zero-order valence-electron chi connectivity index (χ0n) is 20.9. The fourth-order valence-electron chi connectivity index (χ4n) is 4.08. The quantitative estimate of drug-likeness (QED) is 0.332. The van der Waals surface area contributed by atoms with Crippen LogP contribution >= 0.6 is 11.6 Å². The van der Waals surface area contributed by atoms with Gasteiger partial charge in [-0.2, -0.15) is 18.3 Å². The van der Waals surface area contributed by atoms with Crippen LogP contribution in [0.25, 0.3) is 0 Å². The van der Waals surface area contributed by atoms with Crippen LogP contribution in [-0.2, 0) is 11.4 Å². The largest absolute Gasteiger partial charge is 0.493 e. The van der Waals surface area contributed by atoms with Gasteiger partial charge in [0.05, 0.1) is 24.6 Å². The molecule has 200 valence electrons. The average molecular weight is 548 g/mol. The average Bonchev–Trinajstić information content (AvgIpc) is 3.33. The number of rotatable bonds is 8. The Labute approximate surface area is 222 Å². The molecular weight excluding hydrogens is 523 g/mol. The van der Waals surface area contributed by atoms with E-state index in [0.29, 0.717) is 34.2 Å². The maximum atomic E-state index is 12.5. The summed E-state index contributed by atoms with van der Waals surface area (Å²) in [4.78, 5) is 16.6. The highest BCUT2D eigenvalue weighted by molar-refractivity contribution is 6.31. The van der Waals surface area contributed by atoms with Crippen LogP contribution in [0.15, 0.2) is 59.8 Å². The summed E-state index contributed by atoms with van der Waals surface area (Å²) in [6, 6.07) is 13.6. The molecule has 2 heterocycles. The Bertz CT molecular complexity index is 1360. The van der Waals surface area contributed by atoms with E-state index < -0.39 is 12.8 Å². The van der Waals surface area contributed by atoms with Crippen molar-refractivity contribution >= 4 is 23.2 Å². The van der Waals surface area contributed by atoms with Gasteiger partial charge in [-0.05, 0) is 48.4 Å². The molecule has 11 heteroatoms. The van der Waals surface area contributed by atoms with E-state index in [9.17, 15) is 18.0 Å². The maximum absolute atomic E-state index is 12.5. The molecule has 1 aliphatic rings. The first-order valence-electron chi connectivity index (χ1n) is 11.6. The number of pyridine rings is 1. The van der Waals surface area contributed by atoms with Crippen LogP contribution in [-0.4, -0.2) is 41.5 Å². The minimum atomic E-state index is -4.45. The molecular formula is C27H25ClF3N3O4. The van der Waals surface area contributed by atoms with Crippen molar-refractivity contribution in [3.05, 3.63) is 82.1 Å². The van der Waals surface area contributed by atoms with E-state index in [0.717, 1.165) is 16.8 Å². The molecule has 0 saturated heterocycles. The number of hydrogen-bond donors (Lipinski definition) is 0. The van der Waals surface area contributed by atoms with E-state index in [-0.39, 0.29) is 24.3 Å². The lowest BCUT2D eigenvalue weighted by Crippen LogP contribution is -2.24. The molecule has 0 spiro atoms. The molecule has 0 bridgehead atoms. The van der Waals surface area contributed by atoms with Crippen molar-refractivity contribution < 1.29 is 32.2 Å². The zero-order chi connectivity index (χ0) is 27.4. The molecule has 1 amide bonds. The van der Waals surface area contributed by atoms with Crippen molar-refractivity contribution in [2.45, 2.75) is 39.1 Å². The Hall–Kier alpha value is -3.79. The van der Waals surface area contributed by atoms with Gasteiger partial charge in [0.25, 0.3) is 0 Å². The van der Waals surface area contributed by atoms with Crippen LogP contribution in [0, 0.1) is 6.92 Å². The van der Waals surface area contributed by atoms with Crippen molar-refractivity contribution in [1.29, 1.82) is 0 Å². The number of halogens is 4. The summed E-state index contributed by atoms with van der Waals surface area (Å²) in [6.07, 6.45) is -2.60. The molecule has 0 saturated carbocycles. The summed E-state index contributed by atoms with van der Waals surface area (Å²) in [7, 11) is 1.49. The Balaban J connectivity index is 1.51. The summed E-state index contributed by atoms with van der Waals surface area (Å²) in [5, 5.41) is 6.55. The molecule has 0 fully saturated rings. The lowest BCUT2D eigenvalue weighted by atomic mass is 9.98. The molecule has 1 atom stereocenters. The first kappa shape index (κ1) is 27.3. The molecule has 0 radical (unpaired) electrons. The number of alkyl halides is 3. The van der Waals surface area contributed by atoms with Crippen LogP contribution < -0.4 is 14.2 Å². The lowest BCUT2D eigenvalue weighted by Gasteiger charge is -2.22. The van der Waals surface area contributed by atoms with Gasteiger partial charge in [-0.15, -0.1) is 0 Å². The number of aromatic nitrogens is 1. The van der Waals surface area contributed by atoms with Crippen molar-refractivity contribution in [3.63, 3.8) is 0 Å². The Morgan fingerprint density at radius 1 is 1.11 bits per heavy atom.